The molecule has 0 aliphatic carbocycles. The molecule has 2 fully saturated rings. The summed E-state index contributed by atoms with van der Waals surface area (Å²) in [7, 11) is 0. The smallest absolute Gasteiger partial charge is 0.134 e. The van der Waals surface area contributed by atoms with Gasteiger partial charge in [0.15, 0.2) is 0 Å². The number of aliphatic hydroxyl groups is 1. The average molecular weight is 275 g/mol. The summed E-state index contributed by atoms with van der Waals surface area (Å²) in [4.78, 5) is 9.50. The normalized spacial score (nSPS) is 25.9. The zero-order valence-electron chi connectivity index (χ0n) is 12.3. The third-order valence-electron chi connectivity index (χ3n) is 4.64. The fourth-order valence-electron chi connectivity index (χ4n) is 3.52. The van der Waals surface area contributed by atoms with Crippen molar-refractivity contribution in [2.45, 2.75) is 44.8 Å². The maximum atomic E-state index is 9.90. The third-order valence-corrected chi connectivity index (χ3v) is 4.64. The highest BCUT2D eigenvalue weighted by Crippen LogP contribution is 2.28. The predicted octanol–water partition coefficient (Wildman–Crippen LogP) is 2.20. The first-order valence-corrected chi connectivity index (χ1v) is 7.87. The van der Waals surface area contributed by atoms with E-state index in [0.717, 1.165) is 24.5 Å². The lowest BCUT2D eigenvalue weighted by Gasteiger charge is -2.32. The predicted molar refractivity (Wildman–Crippen MR) is 80.9 cm³/mol. The molecular formula is C16H25N3O. The molecule has 20 heavy (non-hydrogen) atoms. The van der Waals surface area contributed by atoms with Gasteiger partial charge in [-0.2, -0.15) is 0 Å². The fraction of sp³-hybridized carbons (Fsp3) is 0.688. The van der Waals surface area contributed by atoms with E-state index < -0.39 is 6.10 Å². The molecule has 3 heterocycles. The van der Waals surface area contributed by atoms with Crippen LogP contribution in [0.5, 0.6) is 0 Å². The van der Waals surface area contributed by atoms with Gasteiger partial charge in [0.25, 0.3) is 0 Å². The van der Waals surface area contributed by atoms with E-state index >= 15 is 0 Å². The summed E-state index contributed by atoms with van der Waals surface area (Å²) in [5.74, 6) is 0.974. The fourth-order valence-corrected chi connectivity index (χ4v) is 3.52. The molecule has 1 aromatic rings. The minimum Gasteiger partial charge on any atom is -0.389 e. The van der Waals surface area contributed by atoms with Gasteiger partial charge in [0.05, 0.1) is 6.10 Å². The van der Waals surface area contributed by atoms with Crippen LogP contribution < -0.4 is 4.90 Å². The van der Waals surface area contributed by atoms with E-state index in [2.05, 4.69) is 14.8 Å². The van der Waals surface area contributed by atoms with E-state index in [-0.39, 0.29) is 0 Å². The monoisotopic (exact) mass is 275 g/mol. The van der Waals surface area contributed by atoms with Gasteiger partial charge in [-0.05, 0) is 45.3 Å². The highest BCUT2D eigenvalue weighted by molar-refractivity contribution is 5.49. The van der Waals surface area contributed by atoms with Gasteiger partial charge in [0.2, 0.25) is 0 Å². The van der Waals surface area contributed by atoms with Crippen LogP contribution in [0, 0.1) is 0 Å². The zero-order valence-corrected chi connectivity index (χ0v) is 12.3. The van der Waals surface area contributed by atoms with Crippen molar-refractivity contribution in [2.75, 3.05) is 31.1 Å². The maximum Gasteiger partial charge on any atom is 0.134 e. The molecule has 1 unspecified atom stereocenters. The molecule has 2 atom stereocenters. The lowest BCUT2D eigenvalue weighted by Crippen LogP contribution is -2.41. The van der Waals surface area contributed by atoms with Crippen LogP contribution >= 0.6 is 0 Å². The molecule has 1 aromatic heterocycles. The summed E-state index contributed by atoms with van der Waals surface area (Å²) in [6, 6.07) is 4.56. The molecular weight excluding hydrogens is 250 g/mol. The molecule has 2 saturated heterocycles. The molecule has 1 N–H and O–H groups in total. The summed E-state index contributed by atoms with van der Waals surface area (Å²) < 4.78 is 0. The van der Waals surface area contributed by atoms with E-state index in [9.17, 15) is 5.11 Å². The topological polar surface area (TPSA) is 39.6 Å². The van der Waals surface area contributed by atoms with Gasteiger partial charge >= 0.3 is 0 Å². The second-order valence-electron chi connectivity index (χ2n) is 6.08. The molecule has 0 aromatic carbocycles. The Labute approximate surface area is 121 Å². The SMILES string of the molecule is C[C@@H](O)c1cccnc1N1CCC(N2CCCCC2)C1. The van der Waals surface area contributed by atoms with Crippen molar-refractivity contribution in [3.8, 4) is 0 Å². The van der Waals surface area contributed by atoms with Gasteiger partial charge in [-0.25, -0.2) is 4.98 Å². The van der Waals surface area contributed by atoms with Crippen LogP contribution in [0.25, 0.3) is 0 Å². The molecule has 0 saturated carbocycles. The van der Waals surface area contributed by atoms with E-state index in [1.54, 1.807) is 0 Å². The number of rotatable bonds is 3. The second kappa shape index (κ2) is 6.10. The minimum atomic E-state index is -0.451. The summed E-state index contributed by atoms with van der Waals surface area (Å²) in [6.45, 7) is 6.43. The molecule has 0 amide bonds. The van der Waals surface area contributed by atoms with Crippen LogP contribution in [-0.4, -0.2) is 47.2 Å². The van der Waals surface area contributed by atoms with Crippen molar-refractivity contribution >= 4 is 5.82 Å². The summed E-state index contributed by atoms with van der Waals surface area (Å²) in [5, 5.41) is 9.90. The Morgan fingerprint density at radius 3 is 2.80 bits per heavy atom. The first-order valence-electron chi connectivity index (χ1n) is 7.87. The summed E-state index contributed by atoms with van der Waals surface area (Å²) in [6.07, 6.45) is 6.68. The lowest BCUT2D eigenvalue weighted by molar-refractivity contribution is 0.174. The van der Waals surface area contributed by atoms with Crippen LogP contribution in [0.3, 0.4) is 0 Å². The Hall–Kier alpha value is -1.13. The number of anilines is 1. The van der Waals surface area contributed by atoms with Gasteiger partial charge in [-0.15, -0.1) is 0 Å². The Bertz CT molecular complexity index is 443. The number of aliphatic hydroxyl groups excluding tert-OH is 1. The van der Waals surface area contributed by atoms with Crippen LogP contribution in [-0.2, 0) is 0 Å². The molecule has 3 rings (SSSR count). The van der Waals surface area contributed by atoms with Gasteiger partial charge in [0.1, 0.15) is 5.82 Å². The van der Waals surface area contributed by atoms with Crippen LogP contribution in [0.4, 0.5) is 5.82 Å². The number of pyridine rings is 1. The first-order chi connectivity index (χ1) is 9.75. The number of aromatic nitrogens is 1. The molecule has 0 radical (unpaired) electrons. The number of likely N-dealkylation sites (tertiary alicyclic amines) is 1. The highest BCUT2D eigenvalue weighted by atomic mass is 16.3. The quantitative estimate of drug-likeness (QED) is 0.918. The van der Waals surface area contributed by atoms with Crippen molar-refractivity contribution in [2.24, 2.45) is 0 Å². The first kappa shape index (κ1) is 13.8. The van der Waals surface area contributed by atoms with Crippen LogP contribution in [0.15, 0.2) is 18.3 Å². The highest BCUT2D eigenvalue weighted by Gasteiger charge is 2.30. The van der Waals surface area contributed by atoms with Gasteiger partial charge in [-0.1, -0.05) is 12.5 Å². The Balaban J connectivity index is 1.70. The molecule has 4 heteroatoms. The van der Waals surface area contributed by atoms with E-state index in [0.29, 0.717) is 6.04 Å². The van der Waals surface area contributed by atoms with Crippen LogP contribution in [0.2, 0.25) is 0 Å². The Morgan fingerprint density at radius 2 is 2.05 bits per heavy atom. The van der Waals surface area contributed by atoms with Crippen molar-refractivity contribution in [1.29, 1.82) is 0 Å². The molecule has 0 spiro atoms. The molecule has 110 valence electrons. The second-order valence-corrected chi connectivity index (χ2v) is 6.08. The number of hydrogen-bond acceptors (Lipinski definition) is 4. The number of nitrogens with zero attached hydrogens (tertiary/aromatic N) is 3. The van der Waals surface area contributed by atoms with Gasteiger partial charge in [0, 0.05) is 30.9 Å². The number of hydrogen-bond donors (Lipinski definition) is 1. The van der Waals surface area contributed by atoms with Gasteiger partial charge < -0.3 is 10.0 Å². The zero-order chi connectivity index (χ0) is 13.9. The van der Waals surface area contributed by atoms with E-state index in [1.165, 1.54) is 38.8 Å². The maximum absolute atomic E-state index is 9.90. The largest absolute Gasteiger partial charge is 0.389 e. The standard InChI is InChI=1S/C16H25N3O/c1-13(20)15-6-5-8-17-16(15)19-11-7-14(12-19)18-9-3-2-4-10-18/h5-6,8,13-14,20H,2-4,7,9-12H2,1H3/t13-,14?/m1/s1. The Kier molecular flexibility index (Phi) is 4.22. The molecule has 0 bridgehead atoms. The third kappa shape index (κ3) is 2.81. The van der Waals surface area contributed by atoms with Crippen molar-refractivity contribution in [3.63, 3.8) is 0 Å². The van der Waals surface area contributed by atoms with Crippen molar-refractivity contribution < 1.29 is 5.11 Å². The molecule has 2 aliphatic rings. The molecule has 4 nitrogen and oxygen atoms in total. The van der Waals surface area contributed by atoms with Crippen LogP contribution in [0.1, 0.15) is 44.3 Å². The summed E-state index contributed by atoms with van der Waals surface area (Å²) in [5.41, 5.74) is 0.951. The van der Waals surface area contributed by atoms with E-state index in [4.69, 9.17) is 0 Å². The lowest BCUT2D eigenvalue weighted by atomic mass is 10.1. The Morgan fingerprint density at radius 1 is 1.25 bits per heavy atom. The van der Waals surface area contributed by atoms with E-state index in [1.807, 2.05) is 25.3 Å². The summed E-state index contributed by atoms with van der Waals surface area (Å²) >= 11 is 0. The number of piperidine rings is 1. The van der Waals surface area contributed by atoms with Crippen molar-refractivity contribution in [1.82, 2.24) is 9.88 Å². The minimum absolute atomic E-state index is 0.451. The average Bonchev–Trinajstić information content (AvgIpc) is 2.98. The van der Waals surface area contributed by atoms with Crippen molar-refractivity contribution in [3.05, 3.63) is 23.9 Å². The molecule has 2 aliphatic heterocycles. The van der Waals surface area contributed by atoms with Gasteiger partial charge in [-0.3, -0.25) is 4.90 Å².